The maximum Gasteiger partial charge on any atom is 0.243 e. The quantitative estimate of drug-likeness (QED) is 0.853. The van der Waals surface area contributed by atoms with Gasteiger partial charge >= 0.3 is 0 Å². The first-order valence-corrected chi connectivity index (χ1v) is 11.0. The minimum Gasteiger partial charge on any atom is -0.325 e. The zero-order valence-corrected chi connectivity index (χ0v) is 16.5. The summed E-state index contributed by atoms with van der Waals surface area (Å²) >= 11 is 0. The molecule has 1 aromatic carbocycles. The smallest absolute Gasteiger partial charge is 0.243 e. The highest BCUT2D eigenvalue weighted by molar-refractivity contribution is 7.89. The Morgan fingerprint density at radius 2 is 1.77 bits per heavy atom. The molecule has 2 heterocycles. The van der Waals surface area contributed by atoms with Crippen LogP contribution in [-0.2, 0) is 14.8 Å². The number of hydrogen-bond acceptors (Lipinski definition) is 4. The first-order valence-electron chi connectivity index (χ1n) is 9.53. The van der Waals surface area contributed by atoms with Gasteiger partial charge < -0.3 is 5.32 Å². The lowest BCUT2D eigenvalue weighted by Gasteiger charge is -2.34. The second kappa shape index (κ2) is 8.06. The fraction of sp³-hybridized carbons (Fsp3) is 0.632. The Hall–Kier alpha value is -1.44. The van der Waals surface area contributed by atoms with Crippen molar-refractivity contribution in [3.63, 3.8) is 0 Å². The second-order valence-corrected chi connectivity index (χ2v) is 9.48. The van der Waals surface area contributed by atoms with Crippen molar-refractivity contribution in [3.05, 3.63) is 24.3 Å². The zero-order chi connectivity index (χ0) is 18.7. The highest BCUT2D eigenvalue weighted by Gasteiger charge is 2.28. The molecule has 0 radical (unpaired) electrons. The molecule has 0 unspecified atom stereocenters. The number of carbonyl (C=O) groups excluding carboxylic acids is 1. The molecule has 1 aromatic rings. The number of rotatable bonds is 5. The third-order valence-electron chi connectivity index (χ3n) is 5.44. The number of likely N-dealkylation sites (tertiary alicyclic amines) is 1. The summed E-state index contributed by atoms with van der Waals surface area (Å²) in [6.45, 7) is 7.22. The van der Waals surface area contributed by atoms with E-state index in [1.165, 1.54) is 10.7 Å². The van der Waals surface area contributed by atoms with Crippen LogP contribution in [0.15, 0.2) is 29.2 Å². The van der Waals surface area contributed by atoms with Crippen molar-refractivity contribution in [2.24, 2.45) is 5.92 Å². The zero-order valence-electron chi connectivity index (χ0n) is 15.6. The standard InChI is InChI=1S/C19H29N3O3S/c1-15-6-5-11-21(14-15)16(2)19(23)20-17-7-9-18(10-8-17)26(24,25)22-12-3-4-13-22/h7-10,15-16H,3-6,11-14H2,1-2H3,(H,20,23)/t15-,16+/m1/s1. The van der Waals surface area contributed by atoms with Gasteiger partial charge in [0.15, 0.2) is 0 Å². The molecule has 0 saturated carbocycles. The fourth-order valence-corrected chi connectivity index (χ4v) is 5.29. The SMILES string of the molecule is C[C@@H]1CCCN([C@@H](C)C(=O)Nc2ccc(S(=O)(=O)N3CCCC3)cc2)C1. The summed E-state index contributed by atoms with van der Waals surface area (Å²) in [7, 11) is -3.41. The molecule has 0 spiro atoms. The number of sulfonamides is 1. The number of piperidine rings is 1. The van der Waals surface area contributed by atoms with Crippen LogP contribution in [-0.4, -0.2) is 55.8 Å². The Morgan fingerprint density at radius 1 is 1.12 bits per heavy atom. The average Bonchev–Trinajstić information content (AvgIpc) is 3.17. The molecule has 3 rings (SSSR count). The summed E-state index contributed by atoms with van der Waals surface area (Å²) in [5, 5.41) is 2.91. The molecule has 2 aliphatic heterocycles. The number of amides is 1. The van der Waals surface area contributed by atoms with Gasteiger partial charge in [0.25, 0.3) is 0 Å². The Kier molecular flexibility index (Phi) is 5.99. The van der Waals surface area contributed by atoms with E-state index in [2.05, 4.69) is 17.1 Å². The average molecular weight is 380 g/mol. The minimum absolute atomic E-state index is 0.0470. The van der Waals surface area contributed by atoms with E-state index in [0.717, 1.165) is 32.4 Å². The van der Waals surface area contributed by atoms with Crippen LogP contribution in [0.5, 0.6) is 0 Å². The number of hydrogen-bond donors (Lipinski definition) is 1. The van der Waals surface area contributed by atoms with Crippen LogP contribution in [0.3, 0.4) is 0 Å². The highest BCUT2D eigenvalue weighted by Crippen LogP contribution is 2.23. The summed E-state index contributed by atoms with van der Waals surface area (Å²) in [6.07, 6.45) is 4.18. The van der Waals surface area contributed by atoms with Crippen LogP contribution in [0.1, 0.15) is 39.5 Å². The maximum absolute atomic E-state index is 12.5. The fourth-order valence-electron chi connectivity index (χ4n) is 3.78. The Bertz CT molecular complexity index is 727. The van der Waals surface area contributed by atoms with Crippen molar-refractivity contribution in [1.29, 1.82) is 0 Å². The van der Waals surface area contributed by atoms with Crippen LogP contribution in [0, 0.1) is 5.92 Å². The van der Waals surface area contributed by atoms with Crippen LogP contribution in [0.4, 0.5) is 5.69 Å². The number of nitrogens with one attached hydrogen (secondary N) is 1. The van der Waals surface area contributed by atoms with Crippen molar-refractivity contribution >= 4 is 21.6 Å². The highest BCUT2D eigenvalue weighted by atomic mass is 32.2. The Balaban J connectivity index is 1.62. The third-order valence-corrected chi connectivity index (χ3v) is 7.35. The third kappa shape index (κ3) is 4.27. The molecule has 2 saturated heterocycles. The lowest BCUT2D eigenvalue weighted by molar-refractivity contribution is -0.121. The maximum atomic E-state index is 12.5. The minimum atomic E-state index is -3.41. The van der Waals surface area contributed by atoms with Gasteiger partial charge in [0.2, 0.25) is 15.9 Å². The van der Waals surface area contributed by atoms with E-state index in [1.54, 1.807) is 24.3 Å². The van der Waals surface area contributed by atoms with E-state index in [1.807, 2.05) is 6.92 Å². The molecule has 7 heteroatoms. The van der Waals surface area contributed by atoms with Gasteiger partial charge in [-0.05, 0) is 69.3 Å². The van der Waals surface area contributed by atoms with Gasteiger partial charge in [0.05, 0.1) is 10.9 Å². The molecule has 0 aromatic heterocycles. The van der Waals surface area contributed by atoms with Crippen LogP contribution in [0.2, 0.25) is 0 Å². The lowest BCUT2D eigenvalue weighted by atomic mass is 9.99. The normalized spacial score (nSPS) is 23.7. The lowest BCUT2D eigenvalue weighted by Crippen LogP contribution is -2.46. The van der Waals surface area contributed by atoms with E-state index >= 15 is 0 Å². The van der Waals surface area contributed by atoms with Crippen LogP contribution < -0.4 is 5.32 Å². The molecule has 2 aliphatic rings. The van der Waals surface area contributed by atoms with Crippen LogP contribution >= 0.6 is 0 Å². The number of anilines is 1. The molecule has 144 valence electrons. The molecule has 6 nitrogen and oxygen atoms in total. The summed E-state index contributed by atoms with van der Waals surface area (Å²) in [5.41, 5.74) is 0.632. The van der Waals surface area contributed by atoms with Crippen molar-refractivity contribution < 1.29 is 13.2 Å². The van der Waals surface area contributed by atoms with Gasteiger partial charge in [-0.1, -0.05) is 6.92 Å². The van der Waals surface area contributed by atoms with Gasteiger partial charge in [0, 0.05) is 25.3 Å². The van der Waals surface area contributed by atoms with E-state index in [4.69, 9.17) is 0 Å². The topological polar surface area (TPSA) is 69.7 Å². The Morgan fingerprint density at radius 3 is 2.38 bits per heavy atom. The Labute approximate surface area is 156 Å². The summed E-state index contributed by atoms with van der Waals surface area (Å²) in [4.78, 5) is 15.0. The first kappa shape index (κ1) is 19.3. The van der Waals surface area contributed by atoms with Crippen molar-refractivity contribution in [2.75, 3.05) is 31.5 Å². The first-order chi connectivity index (χ1) is 12.4. The number of benzene rings is 1. The second-order valence-electron chi connectivity index (χ2n) is 7.54. The van der Waals surface area contributed by atoms with Gasteiger partial charge in [-0.2, -0.15) is 4.31 Å². The molecule has 26 heavy (non-hydrogen) atoms. The summed E-state index contributed by atoms with van der Waals surface area (Å²) in [5.74, 6) is 0.573. The number of carbonyl (C=O) groups is 1. The molecule has 2 fully saturated rings. The molecule has 1 N–H and O–H groups in total. The van der Waals surface area contributed by atoms with E-state index < -0.39 is 10.0 Å². The van der Waals surface area contributed by atoms with Crippen LogP contribution in [0.25, 0.3) is 0 Å². The van der Waals surface area contributed by atoms with E-state index in [9.17, 15) is 13.2 Å². The number of nitrogens with zero attached hydrogens (tertiary/aromatic N) is 2. The molecule has 2 atom stereocenters. The van der Waals surface area contributed by atoms with Crippen molar-refractivity contribution in [2.45, 2.75) is 50.5 Å². The molecule has 0 aliphatic carbocycles. The predicted octanol–water partition coefficient (Wildman–Crippen LogP) is 2.53. The van der Waals surface area contributed by atoms with Gasteiger partial charge in [-0.15, -0.1) is 0 Å². The predicted molar refractivity (Wildman–Crippen MR) is 102 cm³/mol. The summed E-state index contributed by atoms with van der Waals surface area (Å²) in [6, 6.07) is 6.32. The molecular weight excluding hydrogens is 350 g/mol. The molecule has 1 amide bonds. The van der Waals surface area contributed by atoms with E-state index in [0.29, 0.717) is 24.7 Å². The van der Waals surface area contributed by atoms with Gasteiger partial charge in [0.1, 0.15) is 0 Å². The van der Waals surface area contributed by atoms with Gasteiger partial charge in [-0.3, -0.25) is 9.69 Å². The molecular formula is C19H29N3O3S. The monoisotopic (exact) mass is 379 g/mol. The molecule has 0 bridgehead atoms. The van der Waals surface area contributed by atoms with Crippen molar-refractivity contribution in [1.82, 2.24) is 9.21 Å². The largest absolute Gasteiger partial charge is 0.325 e. The van der Waals surface area contributed by atoms with Gasteiger partial charge in [-0.25, -0.2) is 8.42 Å². The van der Waals surface area contributed by atoms with E-state index in [-0.39, 0.29) is 16.8 Å². The van der Waals surface area contributed by atoms with Crippen molar-refractivity contribution in [3.8, 4) is 0 Å². The summed E-state index contributed by atoms with van der Waals surface area (Å²) < 4.78 is 26.6.